The van der Waals surface area contributed by atoms with Crippen LogP contribution in [0.4, 0.5) is 5.13 Å². The number of oxime groups is 1. The Labute approximate surface area is 268 Å². The first-order valence-electron chi connectivity index (χ1n) is 13.1. The number of aromatic nitrogens is 5. The molecule has 5 rings (SSSR count). The minimum Gasteiger partial charge on any atom is -0.427 e. The normalized spacial score (nSPS) is 18.5. The zero-order chi connectivity index (χ0) is 32.3. The van der Waals surface area contributed by atoms with Gasteiger partial charge >= 0.3 is 11.9 Å². The van der Waals surface area contributed by atoms with Gasteiger partial charge in [-0.05, 0) is 43.9 Å². The summed E-state index contributed by atoms with van der Waals surface area (Å²) >= 11 is 3.73. The van der Waals surface area contributed by atoms with Crippen LogP contribution >= 0.6 is 34.9 Å². The molecule has 3 N–H and O–H groups in total. The van der Waals surface area contributed by atoms with E-state index in [-0.39, 0.29) is 22.2 Å². The van der Waals surface area contributed by atoms with Crippen molar-refractivity contribution in [1.29, 1.82) is 0 Å². The molecule has 0 bridgehead atoms. The predicted molar refractivity (Wildman–Crippen MR) is 164 cm³/mol. The first kappa shape index (κ1) is 31.9. The van der Waals surface area contributed by atoms with Gasteiger partial charge in [-0.25, -0.2) is 19.3 Å². The average molecular weight is 674 g/mol. The van der Waals surface area contributed by atoms with E-state index in [2.05, 4.69) is 30.5 Å². The number of carbonyl (C=O) groups excluding carboxylic acids is 4. The summed E-state index contributed by atoms with van der Waals surface area (Å²) < 4.78 is 11.9. The van der Waals surface area contributed by atoms with Crippen LogP contribution < -0.4 is 11.1 Å². The molecule has 1 saturated heterocycles. The number of thioether (sulfide) groups is 2. The number of nitrogens with zero attached hydrogens (tertiary/aromatic N) is 7. The monoisotopic (exact) mass is 673 g/mol. The summed E-state index contributed by atoms with van der Waals surface area (Å²) in [6.45, 7) is 4.36. The number of hydrogen-bond donors (Lipinski definition) is 2. The summed E-state index contributed by atoms with van der Waals surface area (Å²) in [6.07, 6.45) is 4.78. The number of carbonyl (C=O) groups is 4. The Morgan fingerprint density at radius 3 is 2.78 bits per heavy atom. The second-order valence-corrected chi connectivity index (χ2v) is 13.3. The molecule has 0 saturated carbocycles. The van der Waals surface area contributed by atoms with Crippen molar-refractivity contribution in [3.63, 3.8) is 0 Å². The molecule has 2 amide bonds. The third-order valence-corrected chi connectivity index (χ3v) is 8.93. The van der Waals surface area contributed by atoms with Crippen molar-refractivity contribution in [2.24, 2.45) is 10.6 Å². The van der Waals surface area contributed by atoms with Crippen molar-refractivity contribution in [2.75, 3.05) is 25.4 Å². The molecule has 0 unspecified atom stereocenters. The van der Waals surface area contributed by atoms with Gasteiger partial charge in [-0.2, -0.15) is 10.1 Å². The Balaban J connectivity index is 1.35. The number of fused-ring (bicyclic) bond motifs is 2. The maximum absolute atomic E-state index is 13.4. The van der Waals surface area contributed by atoms with E-state index in [9.17, 15) is 19.2 Å². The van der Waals surface area contributed by atoms with Gasteiger partial charge < -0.3 is 25.4 Å². The minimum atomic E-state index is -0.985. The molecule has 236 valence electrons. The highest BCUT2D eigenvalue weighted by atomic mass is 32.2. The van der Waals surface area contributed by atoms with E-state index >= 15 is 0 Å². The molecule has 5 heterocycles. The molecule has 16 nitrogen and oxygen atoms in total. The van der Waals surface area contributed by atoms with Crippen LogP contribution in [0.15, 0.2) is 56.9 Å². The molecule has 45 heavy (non-hydrogen) atoms. The van der Waals surface area contributed by atoms with Crippen molar-refractivity contribution in [2.45, 2.75) is 37.2 Å². The SMILES string of the molecule is CON=C(C(=O)N[C@@H]1C(=O)N2C(C(=O)OCOC(=O)C(C)(C)C)=C(/C=C/Sc3ccn4ncnc4n3)CS[C@H]12)c1csc(N)n1. The number of nitrogens with one attached hydrogen (secondary N) is 1. The molecule has 2 aliphatic rings. The maximum atomic E-state index is 13.4. The average Bonchev–Trinajstić information content (AvgIpc) is 3.66. The highest BCUT2D eigenvalue weighted by Crippen LogP contribution is 2.41. The fraction of sp³-hybridized carbons (Fsp3) is 0.346. The van der Waals surface area contributed by atoms with Gasteiger partial charge in [0.1, 0.15) is 41.3 Å². The largest absolute Gasteiger partial charge is 0.427 e. The van der Waals surface area contributed by atoms with E-state index in [1.165, 1.54) is 51.8 Å². The predicted octanol–water partition coefficient (Wildman–Crippen LogP) is 1.56. The smallest absolute Gasteiger partial charge is 0.358 e. The number of allylic oxidation sites excluding steroid dienone is 1. The van der Waals surface area contributed by atoms with Gasteiger partial charge in [0.15, 0.2) is 10.8 Å². The number of nitrogens with two attached hydrogens (primary N) is 1. The van der Waals surface area contributed by atoms with Gasteiger partial charge in [-0.1, -0.05) is 16.9 Å². The summed E-state index contributed by atoms with van der Waals surface area (Å²) in [6, 6.07) is 0.768. The molecule has 2 aliphatic heterocycles. The third kappa shape index (κ3) is 6.94. The van der Waals surface area contributed by atoms with E-state index < -0.39 is 47.4 Å². The van der Waals surface area contributed by atoms with Gasteiger partial charge in [-0.15, -0.1) is 23.1 Å². The fourth-order valence-electron chi connectivity index (χ4n) is 4.03. The quantitative estimate of drug-likeness (QED) is 0.0596. The lowest BCUT2D eigenvalue weighted by Gasteiger charge is -2.49. The Morgan fingerprint density at radius 2 is 2.07 bits per heavy atom. The number of nitrogen functional groups attached to an aromatic ring is 1. The van der Waals surface area contributed by atoms with Gasteiger partial charge in [-0.3, -0.25) is 19.3 Å². The highest BCUT2D eigenvalue weighted by Gasteiger charge is 2.54. The molecule has 0 aromatic carbocycles. The summed E-state index contributed by atoms with van der Waals surface area (Å²) in [5, 5.41) is 13.9. The lowest BCUT2D eigenvalue weighted by Crippen LogP contribution is -2.71. The fourth-order valence-corrected chi connectivity index (χ4v) is 6.55. The zero-order valence-electron chi connectivity index (χ0n) is 24.3. The second-order valence-electron chi connectivity index (χ2n) is 10.4. The Hall–Kier alpha value is -4.49. The van der Waals surface area contributed by atoms with Gasteiger partial charge in [0.05, 0.1) is 5.41 Å². The van der Waals surface area contributed by atoms with Crippen molar-refractivity contribution in [3.05, 3.63) is 52.4 Å². The van der Waals surface area contributed by atoms with Crippen LogP contribution in [0.5, 0.6) is 0 Å². The second kappa shape index (κ2) is 13.2. The Morgan fingerprint density at radius 1 is 1.27 bits per heavy atom. The number of amides is 2. The summed E-state index contributed by atoms with van der Waals surface area (Å²) in [5.41, 5.74) is 5.37. The lowest BCUT2D eigenvalue weighted by atomic mass is 9.98. The molecule has 1 fully saturated rings. The van der Waals surface area contributed by atoms with Crippen molar-refractivity contribution in [1.82, 2.24) is 34.8 Å². The Kier molecular flexibility index (Phi) is 9.40. The van der Waals surface area contributed by atoms with Crippen molar-refractivity contribution < 1.29 is 33.5 Å². The van der Waals surface area contributed by atoms with Crippen LogP contribution in [0.3, 0.4) is 0 Å². The summed E-state index contributed by atoms with van der Waals surface area (Å²) in [5.74, 6) is -1.97. The minimum absolute atomic E-state index is 0.0307. The molecule has 3 aromatic heterocycles. The number of rotatable bonds is 10. The number of anilines is 1. The molecule has 2 atom stereocenters. The van der Waals surface area contributed by atoms with Crippen LogP contribution in [-0.2, 0) is 33.5 Å². The van der Waals surface area contributed by atoms with Crippen molar-refractivity contribution in [3.8, 4) is 0 Å². The number of thiazole rings is 1. The maximum Gasteiger partial charge on any atom is 0.358 e. The Bertz CT molecular complexity index is 1740. The molecule has 19 heteroatoms. The molecular weight excluding hydrogens is 647 g/mol. The van der Waals surface area contributed by atoms with E-state index in [4.69, 9.17) is 20.0 Å². The van der Waals surface area contributed by atoms with Crippen LogP contribution in [0.1, 0.15) is 26.5 Å². The summed E-state index contributed by atoms with van der Waals surface area (Å²) in [7, 11) is 1.27. The van der Waals surface area contributed by atoms with E-state index in [1.54, 1.807) is 44.5 Å². The van der Waals surface area contributed by atoms with Crippen LogP contribution in [0.2, 0.25) is 0 Å². The number of esters is 2. The number of β-lactam (4-membered cyclic amide) rings is 1. The van der Waals surface area contributed by atoms with Gasteiger partial charge in [0.25, 0.3) is 17.6 Å². The van der Waals surface area contributed by atoms with E-state index in [0.29, 0.717) is 22.1 Å². The molecule has 0 spiro atoms. The molecule has 3 aromatic rings. The van der Waals surface area contributed by atoms with E-state index in [0.717, 1.165) is 11.3 Å². The third-order valence-electron chi connectivity index (χ3n) is 6.21. The van der Waals surface area contributed by atoms with Crippen LogP contribution in [0.25, 0.3) is 5.78 Å². The van der Waals surface area contributed by atoms with Gasteiger partial charge in [0.2, 0.25) is 6.79 Å². The van der Waals surface area contributed by atoms with Gasteiger partial charge in [0, 0.05) is 17.3 Å². The van der Waals surface area contributed by atoms with Crippen LogP contribution in [0, 0.1) is 5.41 Å². The lowest BCUT2D eigenvalue weighted by molar-refractivity contribution is -0.173. The first-order chi connectivity index (χ1) is 21.5. The number of hydrogen-bond acceptors (Lipinski definition) is 16. The van der Waals surface area contributed by atoms with Crippen molar-refractivity contribution >= 4 is 75.2 Å². The number of ether oxygens (including phenoxy) is 2. The topological polar surface area (TPSA) is 206 Å². The molecular formula is C26H27N9O7S3. The molecule has 0 radical (unpaired) electrons. The highest BCUT2D eigenvalue weighted by molar-refractivity contribution is 8.02. The van der Waals surface area contributed by atoms with Crippen LogP contribution in [-0.4, -0.2) is 90.0 Å². The van der Waals surface area contributed by atoms with E-state index in [1.807, 2.05) is 0 Å². The summed E-state index contributed by atoms with van der Waals surface area (Å²) in [4.78, 5) is 70.6. The standard InChI is InChI=1S/C26H27N9O7S3/c1-26(2,3)23(39)42-12-41-22(38)18-13(6-8-43-15-5-7-34-25(31-15)28-11-29-34)9-44-21-17(20(37)35(18)21)32-19(36)16(33-40-4)14-10-45-24(27)30-14/h5-8,10-11,17,21H,9,12H2,1-4H3,(H2,27,30)(H,32,36)/b8-6+,33-16?/t17-,21-/m1/s1. The molecule has 0 aliphatic carbocycles. The zero-order valence-corrected chi connectivity index (χ0v) is 26.8. The first-order valence-corrected chi connectivity index (χ1v) is 15.9.